The van der Waals surface area contributed by atoms with Crippen LogP contribution in [-0.4, -0.2) is 37.8 Å². The molecule has 2 atom stereocenters. The molecule has 3 N–H and O–H groups in total. The van der Waals surface area contributed by atoms with Gasteiger partial charge in [-0.2, -0.15) is 0 Å². The van der Waals surface area contributed by atoms with Crippen LogP contribution in [0.4, 0.5) is 11.4 Å². The summed E-state index contributed by atoms with van der Waals surface area (Å²) in [6, 6.07) is 0.250. The summed E-state index contributed by atoms with van der Waals surface area (Å²) in [4.78, 5) is 6.78. The Morgan fingerprint density at radius 1 is 1.47 bits per heavy atom. The Kier molecular flexibility index (Phi) is 3.22. The molecule has 0 spiro atoms. The Morgan fingerprint density at radius 3 is 3.05 bits per heavy atom. The van der Waals surface area contributed by atoms with E-state index >= 15 is 0 Å². The number of pyridine rings is 1. The molecule has 0 saturated carbocycles. The average Bonchev–Trinajstić information content (AvgIpc) is 2.84. The minimum atomic E-state index is 0.250. The molecule has 2 unspecified atom stereocenters. The molecule has 1 aromatic heterocycles. The van der Waals surface area contributed by atoms with Gasteiger partial charge in [0.2, 0.25) is 5.88 Å². The van der Waals surface area contributed by atoms with E-state index in [0.717, 1.165) is 44.1 Å². The number of anilines is 2. The molecule has 104 valence electrons. The van der Waals surface area contributed by atoms with Gasteiger partial charge in [0.05, 0.1) is 24.2 Å². The number of hydrogen-bond donors (Lipinski definition) is 2. The van der Waals surface area contributed by atoms with Crippen molar-refractivity contribution >= 4 is 11.4 Å². The highest BCUT2D eigenvalue weighted by molar-refractivity contribution is 5.75. The molecule has 2 aliphatic rings. The zero-order chi connectivity index (χ0) is 13.4. The minimum Gasteiger partial charge on any atom is -0.477 e. The lowest BCUT2D eigenvalue weighted by Crippen LogP contribution is -2.46. The van der Waals surface area contributed by atoms with E-state index in [9.17, 15) is 0 Å². The molecular formula is C14H22N4O. The van der Waals surface area contributed by atoms with Gasteiger partial charge in [-0.25, -0.2) is 4.98 Å². The van der Waals surface area contributed by atoms with Crippen LogP contribution < -0.4 is 20.7 Å². The van der Waals surface area contributed by atoms with E-state index in [4.69, 9.17) is 10.5 Å². The number of ether oxygens (including phenoxy) is 1. The van der Waals surface area contributed by atoms with Gasteiger partial charge in [0.15, 0.2) is 0 Å². The van der Waals surface area contributed by atoms with Gasteiger partial charge in [-0.3, -0.25) is 0 Å². The molecule has 0 radical (unpaired) electrons. The van der Waals surface area contributed by atoms with Crippen LogP contribution in [-0.2, 0) is 6.42 Å². The van der Waals surface area contributed by atoms with Gasteiger partial charge in [0.25, 0.3) is 0 Å². The number of aromatic nitrogens is 1. The van der Waals surface area contributed by atoms with Crippen LogP contribution in [0.25, 0.3) is 0 Å². The third-order valence-electron chi connectivity index (χ3n) is 3.98. The van der Waals surface area contributed by atoms with Crippen molar-refractivity contribution in [3.05, 3.63) is 11.8 Å². The summed E-state index contributed by atoms with van der Waals surface area (Å²) in [5.74, 6) is 1.42. The first-order chi connectivity index (χ1) is 9.19. The van der Waals surface area contributed by atoms with Crippen molar-refractivity contribution < 1.29 is 4.74 Å². The fourth-order valence-electron chi connectivity index (χ4n) is 3.25. The average molecular weight is 262 g/mol. The molecule has 0 amide bonds. The van der Waals surface area contributed by atoms with Crippen LogP contribution in [0.1, 0.15) is 18.9 Å². The second-order valence-corrected chi connectivity index (χ2v) is 5.66. The summed E-state index contributed by atoms with van der Waals surface area (Å²) in [6.45, 7) is 4.97. The molecule has 1 fully saturated rings. The molecule has 0 aromatic carbocycles. The predicted molar refractivity (Wildman–Crippen MR) is 77.0 cm³/mol. The third-order valence-corrected chi connectivity index (χ3v) is 3.98. The van der Waals surface area contributed by atoms with Crippen molar-refractivity contribution in [2.24, 2.45) is 11.7 Å². The van der Waals surface area contributed by atoms with Crippen molar-refractivity contribution in [1.82, 2.24) is 4.98 Å². The molecule has 2 aliphatic heterocycles. The summed E-state index contributed by atoms with van der Waals surface area (Å²) in [5.41, 5.74) is 9.73. The highest BCUT2D eigenvalue weighted by atomic mass is 16.5. The molecule has 5 heteroatoms. The molecule has 3 heterocycles. The number of nitrogens with one attached hydrogen (secondary N) is 1. The number of nitrogens with two attached hydrogens (primary N) is 1. The second-order valence-electron chi connectivity index (χ2n) is 5.66. The molecule has 19 heavy (non-hydrogen) atoms. The summed E-state index contributed by atoms with van der Waals surface area (Å²) in [5, 5.41) is 3.25. The van der Waals surface area contributed by atoms with E-state index in [0.29, 0.717) is 5.92 Å². The van der Waals surface area contributed by atoms with Crippen molar-refractivity contribution in [1.29, 1.82) is 0 Å². The Bertz CT molecular complexity index is 467. The second kappa shape index (κ2) is 4.89. The number of piperidine rings is 1. The largest absolute Gasteiger partial charge is 0.477 e. The van der Waals surface area contributed by atoms with Crippen molar-refractivity contribution in [3.8, 4) is 5.88 Å². The maximum atomic E-state index is 6.18. The molecule has 3 rings (SSSR count). The topological polar surface area (TPSA) is 63.4 Å². The summed E-state index contributed by atoms with van der Waals surface area (Å²) in [7, 11) is 1.94. The first kappa shape index (κ1) is 12.5. The van der Waals surface area contributed by atoms with Crippen LogP contribution in [0.15, 0.2) is 6.20 Å². The van der Waals surface area contributed by atoms with E-state index in [-0.39, 0.29) is 6.04 Å². The maximum absolute atomic E-state index is 6.18. The number of hydrogen-bond acceptors (Lipinski definition) is 5. The van der Waals surface area contributed by atoms with Crippen molar-refractivity contribution in [2.75, 3.05) is 37.0 Å². The SMILES string of the molecule is CNc1cnc2c(c1N1CC(C)CC(N)C1)CCO2. The van der Waals surface area contributed by atoms with Gasteiger partial charge in [-0.1, -0.05) is 6.92 Å². The van der Waals surface area contributed by atoms with Crippen LogP contribution in [0.3, 0.4) is 0 Å². The van der Waals surface area contributed by atoms with Crippen LogP contribution in [0.2, 0.25) is 0 Å². The first-order valence-corrected chi connectivity index (χ1v) is 7.02. The van der Waals surface area contributed by atoms with Gasteiger partial charge < -0.3 is 20.7 Å². The first-order valence-electron chi connectivity index (χ1n) is 7.02. The minimum absolute atomic E-state index is 0.250. The van der Waals surface area contributed by atoms with Gasteiger partial charge in [-0.15, -0.1) is 0 Å². The summed E-state index contributed by atoms with van der Waals surface area (Å²) >= 11 is 0. The Balaban J connectivity index is 2.01. The maximum Gasteiger partial charge on any atom is 0.218 e. The van der Waals surface area contributed by atoms with E-state index in [1.165, 1.54) is 11.3 Å². The summed E-state index contributed by atoms with van der Waals surface area (Å²) in [6.07, 6.45) is 3.91. The molecular weight excluding hydrogens is 240 g/mol. The van der Waals surface area contributed by atoms with Crippen molar-refractivity contribution in [2.45, 2.75) is 25.8 Å². The molecule has 1 saturated heterocycles. The van der Waals surface area contributed by atoms with Gasteiger partial charge >= 0.3 is 0 Å². The quantitative estimate of drug-likeness (QED) is 0.839. The Labute approximate surface area is 114 Å². The zero-order valence-corrected chi connectivity index (χ0v) is 11.6. The van der Waals surface area contributed by atoms with E-state index in [2.05, 4.69) is 22.1 Å². The lowest BCUT2D eigenvalue weighted by molar-refractivity contribution is 0.345. The van der Waals surface area contributed by atoms with E-state index in [1.807, 2.05) is 13.2 Å². The Hall–Kier alpha value is -1.49. The predicted octanol–water partition coefficient (Wildman–Crippen LogP) is 1.23. The highest BCUT2D eigenvalue weighted by Crippen LogP contribution is 2.39. The van der Waals surface area contributed by atoms with Crippen LogP contribution >= 0.6 is 0 Å². The third kappa shape index (κ3) is 2.23. The number of nitrogens with zero attached hydrogens (tertiary/aromatic N) is 2. The highest BCUT2D eigenvalue weighted by Gasteiger charge is 2.29. The number of rotatable bonds is 2. The summed E-state index contributed by atoms with van der Waals surface area (Å²) < 4.78 is 5.59. The number of fused-ring (bicyclic) bond motifs is 1. The zero-order valence-electron chi connectivity index (χ0n) is 11.6. The monoisotopic (exact) mass is 262 g/mol. The van der Waals surface area contributed by atoms with E-state index in [1.54, 1.807) is 0 Å². The lowest BCUT2D eigenvalue weighted by atomic mass is 9.95. The van der Waals surface area contributed by atoms with Gasteiger partial charge in [0.1, 0.15) is 0 Å². The Morgan fingerprint density at radius 2 is 2.32 bits per heavy atom. The van der Waals surface area contributed by atoms with Gasteiger partial charge in [-0.05, 0) is 12.3 Å². The van der Waals surface area contributed by atoms with E-state index < -0.39 is 0 Å². The fourth-order valence-corrected chi connectivity index (χ4v) is 3.25. The van der Waals surface area contributed by atoms with Gasteiger partial charge in [0, 0.05) is 38.2 Å². The van der Waals surface area contributed by atoms with Crippen molar-refractivity contribution in [3.63, 3.8) is 0 Å². The molecule has 1 aromatic rings. The van der Waals surface area contributed by atoms with Crippen LogP contribution in [0.5, 0.6) is 5.88 Å². The normalized spacial score (nSPS) is 25.9. The fraction of sp³-hybridized carbons (Fsp3) is 0.643. The smallest absolute Gasteiger partial charge is 0.218 e. The molecule has 5 nitrogen and oxygen atoms in total. The molecule has 0 aliphatic carbocycles. The standard InChI is InChI=1S/C14H22N4O/c1-9-5-10(15)8-18(7-9)13-11-3-4-19-14(11)17-6-12(13)16-2/h6,9-10,16H,3-5,7-8,15H2,1-2H3. The lowest BCUT2D eigenvalue weighted by Gasteiger charge is -2.38. The van der Waals surface area contributed by atoms with Crippen LogP contribution in [0, 0.1) is 5.92 Å². The molecule has 0 bridgehead atoms.